The highest BCUT2D eigenvalue weighted by atomic mass is 16.5. The van der Waals surface area contributed by atoms with Gasteiger partial charge in [-0.25, -0.2) is 4.98 Å². The Labute approximate surface area is 167 Å². The minimum absolute atomic E-state index is 0.113. The normalized spacial score (nSPS) is 17.6. The fourth-order valence-corrected chi connectivity index (χ4v) is 3.41. The average Bonchev–Trinajstić information content (AvgIpc) is 2.92. The van der Waals surface area contributed by atoms with E-state index in [1.165, 1.54) is 18.1 Å². The van der Waals surface area contributed by atoms with Gasteiger partial charge in [-0.3, -0.25) is 9.59 Å². The van der Waals surface area contributed by atoms with Crippen molar-refractivity contribution in [1.29, 1.82) is 0 Å². The summed E-state index contributed by atoms with van der Waals surface area (Å²) in [5.41, 5.74) is 8.34. The van der Waals surface area contributed by atoms with Crippen LogP contribution in [0.15, 0.2) is 41.5 Å². The number of Topliss-reactive ketones (excluding diaryl/α,β-unsaturated/α-hetero) is 1. The predicted octanol–water partition coefficient (Wildman–Crippen LogP) is 2.91. The molecule has 0 aliphatic carbocycles. The van der Waals surface area contributed by atoms with Crippen LogP contribution in [0, 0.1) is 6.92 Å². The third-order valence-corrected chi connectivity index (χ3v) is 4.83. The quantitative estimate of drug-likeness (QED) is 0.242. The monoisotopic (exact) mass is 395 g/mol. The number of rotatable bonds is 8. The summed E-state index contributed by atoms with van der Waals surface area (Å²) >= 11 is 0. The van der Waals surface area contributed by atoms with Gasteiger partial charge < -0.3 is 14.7 Å². The van der Waals surface area contributed by atoms with E-state index in [1.54, 1.807) is 24.3 Å². The second-order valence-electron chi connectivity index (χ2n) is 6.81. The van der Waals surface area contributed by atoms with Gasteiger partial charge in [0.15, 0.2) is 11.4 Å². The molecule has 1 atom stereocenters. The molecule has 0 fully saturated rings. The van der Waals surface area contributed by atoms with Crippen LogP contribution in [-0.4, -0.2) is 42.0 Å². The Bertz CT molecular complexity index is 1000. The molecule has 1 N–H and O–H groups in total. The minimum Gasteiger partial charge on any atom is -0.481 e. The summed E-state index contributed by atoms with van der Waals surface area (Å²) in [5, 5.41) is 14.8. The first-order chi connectivity index (χ1) is 13.9. The van der Waals surface area contributed by atoms with E-state index in [4.69, 9.17) is 10.3 Å². The van der Waals surface area contributed by atoms with Gasteiger partial charge in [0, 0.05) is 29.6 Å². The number of ketones is 1. The second-order valence-corrected chi connectivity index (χ2v) is 6.81. The van der Waals surface area contributed by atoms with E-state index in [9.17, 15) is 14.7 Å². The number of hydrogen-bond donors (Lipinski definition) is 1. The summed E-state index contributed by atoms with van der Waals surface area (Å²) in [6, 6.07) is 10.1. The second kappa shape index (κ2) is 8.30. The molecule has 29 heavy (non-hydrogen) atoms. The van der Waals surface area contributed by atoms with E-state index in [2.05, 4.69) is 15.0 Å². The van der Waals surface area contributed by atoms with Crippen LogP contribution >= 0.6 is 0 Å². The molecule has 1 amide bonds. The lowest BCUT2D eigenvalue weighted by atomic mass is 9.88. The Balaban J connectivity index is 1.92. The van der Waals surface area contributed by atoms with Gasteiger partial charge in [0.1, 0.15) is 5.69 Å². The van der Waals surface area contributed by atoms with Crippen molar-refractivity contribution in [2.75, 3.05) is 25.1 Å². The number of ether oxygens (including phenoxy) is 1. The Morgan fingerprint density at radius 2 is 2.17 bits per heavy atom. The molecule has 3 rings (SSSR count). The number of benzene rings is 1. The molecule has 150 valence electrons. The fourth-order valence-electron chi connectivity index (χ4n) is 3.41. The molecule has 9 nitrogen and oxygen atoms in total. The van der Waals surface area contributed by atoms with E-state index in [0.29, 0.717) is 17.7 Å². The zero-order chi connectivity index (χ0) is 21.0. The van der Waals surface area contributed by atoms with Gasteiger partial charge in [-0.1, -0.05) is 28.9 Å². The Hall–Kier alpha value is -3.42. The van der Waals surface area contributed by atoms with Gasteiger partial charge in [-0.15, -0.1) is 0 Å². The third-order valence-electron chi connectivity index (χ3n) is 4.83. The molecule has 0 bridgehead atoms. The molecule has 1 aliphatic rings. The molecule has 2 heterocycles. The van der Waals surface area contributed by atoms with Crippen molar-refractivity contribution < 1.29 is 19.4 Å². The summed E-state index contributed by atoms with van der Waals surface area (Å²) in [4.78, 5) is 34.2. The van der Waals surface area contributed by atoms with Crippen LogP contribution in [0.3, 0.4) is 0 Å². The van der Waals surface area contributed by atoms with Gasteiger partial charge in [0.25, 0.3) is 5.91 Å². The first kappa shape index (κ1) is 20.3. The summed E-state index contributed by atoms with van der Waals surface area (Å²) in [6.07, 6.45) is -0.000114. The van der Waals surface area contributed by atoms with Crippen molar-refractivity contribution in [2.24, 2.45) is 5.11 Å². The molecule has 1 aromatic carbocycles. The third kappa shape index (κ3) is 3.91. The number of anilines is 1. The Morgan fingerprint density at radius 1 is 1.38 bits per heavy atom. The number of carbonyl (C=O) groups is 2. The first-order valence-corrected chi connectivity index (χ1v) is 9.11. The summed E-state index contributed by atoms with van der Waals surface area (Å²) < 4.78 is 5.04. The Kier molecular flexibility index (Phi) is 5.81. The first-order valence-electron chi connectivity index (χ1n) is 9.11. The van der Waals surface area contributed by atoms with Crippen molar-refractivity contribution >= 4 is 17.4 Å². The zero-order valence-corrected chi connectivity index (χ0v) is 16.2. The van der Waals surface area contributed by atoms with Gasteiger partial charge in [0.05, 0.1) is 19.2 Å². The van der Waals surface area contributed by atoms with Crippen LogP contribution in [0.25, 0.3) is 10.4 Å². The number of aryl methyl sites for hydroxylation is 1. The number of nitrogens with zero attached hydrogens (tertiary/aromatic N) is 5. The maximum absolute atomic E-state index is 13.1. The lowest BCUT2D eigenvalue weighted by molar-refractivity contribution is -0.135. The fraction of sp³-hybridized carbons (Fsp3) is 0.350. The molecule has 1 aliphatic heterocycles. The number of carbonyl (C=O) groups excluding carboxylic acids is 2. The van der Waals surface area contributed by atoms with Crippen molar-refractivity contribution in [3.63, 3.8) is 0 Å². The van der Waals surface area contributed by atoms with E-state index in [-0.39, 0.29) is 24.7 Å². The zero-order valence-electron chi connectivity index (χ0n) is 16.2. The molecule has 0 spiro atoms. The highest BCUT2D eigenvalue weighted by Crippen LogP contribution is 2.43. The molecule has 0 radical (unpaired) electrons. The molecule has 0 saturated heterocycles. The van der Waals surface area contributed by atoms with Gasteiger partial charge in [-0.2, -0.15) is 0 Å². The molecular formula is C20H21N5O4. The number of pyridine rings is 1. The number of fused-ring (bicyclic) bond motifs is 1. The predicted molar refractivity (Wildman–Crippen MR) is 106 cm³/mol. The molecule has 1 unspecified atom stereocenters. The van der Waals surface area contributed by atoms with E-state index < -0.39 is 23.7 Å². The van der Waals surface area contributed by atoms with Gasteiger partial charge >= 0.3 is 0 Å². The van der Waals surface area contributed by atoms with Crippen molar-refractivity contribution in [3.8, 4) is 5.88 Å². The van der Waals surface area contributed by atoms with Crippen LogP contribution < -0.4 is 9.64 Å². The summed E-state index contributed by atoms with van der Waals surface area (Å²) in [7, 11) is 1.44. The molecule has 2 aromatic rings. The van der Waals surface area contributed by atoms with Crippen molar-refractivity contribution in [1.82, 2.24) is 4.98 Å². The van der Waals surface area contributed by atoms with Crippen LogP contribution in [0.5, 0.6) is 5.88 Å². The molecule has 1 aromatic heterocycles. The number of aromatic nitrogens is 1. The van der Waals surface area contributed by atoms with Crippen molar-refractivity contribution in [3.05, 3.63) is 63.7 Å². The van der Waals surface area contributed by atoms with Crippen molar-refractivity contribution in [2.45, 2.75) is 25.4 Å². The largest absolute Gasteiger partial charge is 0.481 e. The van der Waals surface area contributed by atoms with Crippen LogP contribution in [-0.2, 0) is 10.4 Å². The smallest absolute Gasteiger partial charge is 0.264 e. The van der Waals surface area contributed by atoms with Gasteiger partial charge in [0.2, 0.25) is 5.88 Å². The van der Waals surface area contributed by atoms with Gasteiger partial charge in [-0.05, 0) is 31.0 Å². The average molecular weight is 395 g/mol. The number of azide groups is 1. The number of hydrogen-bond acceptors (Lipinski definition) is 6. The van der Waals surface area contributed by atoms with Crippen LogP contribution in [0.1, 0.15) is 34.5 Å². The van der Waals surface area contributed by atoms with Crippen LogP contribution in [0.2, 0.25) is 0 Å². The summed E-state index contributed by atoms with van der Waals surface area (Å²) in [5.74, 6) is -0.769. The van der Waals surface area contributed by atoms with E-state index in [1.807, 2.05) is 13.0 Å². The maximum Gasteiger partial charge on any atom is 0.264 e. The molecule has 9 heteroatoms. The Morgan fingerprint density at radius 3 is 2.90 bits per heavy atom. The minimum atomic E-state index is -1.98. The number of amides is 1. The maximum atomic E-state index is 13.1. The molecular weight excluding hydrogens is 374 g/mol. The highest BCUT2D eigenvalue weighted by molar-refractivity contribution is 6.10. The number of methoxy groups -OCH3 is 1. The van der Waals surface area contributed by atoms with E-state index >= 15 is 0 Å². The standard InChI is InChI=1S/C20H21N5O4/c1-13-7-8-16-14(11-13)20(28,19(27)25(16)10-4-9-22-24-21)12-17(26)15-5-3-6-18(23-15)29-2/h3,5-8,11,28H,4,9-10,12H2,1-2H3. The SMILES string of the molecule is COc1cccc(C(=O)CC2(O)C(=O)N(CCCN=[N+]=[N-])c3ccc(C)cc32)n1. The van der Waals surface area contributed by atoms with Crippen LogP contribution in [0.4, 0.5) is 5.69 Å². The lowest BCUT2D eigenvalue weighted by Gasteiger charge is -2.22. The topological polar surface area (TPSA) is 128 Å². The number of aliphatic hydroxyl groups is 1. The highest BCUT2D eigenvalue weighted by Gasteiger charge is 2.50. The molecule has 0 saturated carbocycles. The summed E-state index contributed by atoms with van der Waals surface area (Å²) in [6.45, 7) is 2.34. The van der Waals surface area contributed by atoms with E-state index in [0.717, 1.165) is 5.56 Å². The lowest BCUT2D eigenvalue weighted by Crippen LogP contribution is -2.42.